The fraction of sp³-hybridized carbons (Fsp3) is 0.600. The Labute approximate surface area is 109 Å². The minimum atomic E-state index is 0.0904. The molecule has 3 rings (SSSR count). The number of hydrogen-bond donors (Lipinski definition) is 1. The number of nitrogens with zero attached hydrogens (tertiary/aromatic N) is 1. The van der Waals surface area contributed by atoms with E-state index in [0.29, 0.717) is 0 Å². The van der Waals surface area contributed by atoms with Crippen molar-refractivity contribution in [1.82, 2.24) is 10.2 Å². The van der Waals surface area contributed by atoms with E-state index < -0.39 is 0 Å². The van der Waals surface area contributed by atoms with E-state index >= 15 is 0 Å². The number of rotatable bonds is 2. The quantitative estimate of drug-likeness (QED) is 0.861. The van der Waals surface area contributed by atoms with Crippen molar-refractivity contribution in [2.75, 3.05) is 27.2 Å². The highest BCUT2D eigenvalue weighted by atomic mass is 16.5. The first-order valence-corrected chi connectivity index (χ1v) is 6.85. The van der Waals surface area contributed by atoms with Crippen molar-refractivity contribution in [3.8, 4) is 5.75 Å². The van der Waals surface area contributed by atoms with Gasteiger partial charge in [-0.25, -0.2) is 0 Å². The molecule has 1 saturated heterocycles. The molecule has 2 aliphatic rings. The van der Waals surface area contributed by atoms with Gasteiger partial charge in [-0.3, -0.25) is 0 Å². The van der Waals surface area contributed by atoms with Crippen molar-refractivity contribution in [2.45, 2.75) is 31.4 Å². The molecule has 1 fully saturated rings. The van der Waals surface area contributed by atoms with Gasteiger partial charge >= 0.3 is 0 Å². The second kappa shape index (κ2) is 4.56. The molecule has 0 aromatic heterocycles. The number of benzene rings is 1. The van der Waals surface area contributed by atoms with Crippen molar-refractivity contribution in [3.63, 3.8) is 0 Å². The van der Waals surface area contributed by atoms with Crippen molar-refractivity contribution in [1.29, 1.82) is 0 Å². The molecule has 18 heavy (non-hydrogen) atoms. The Kier molecular flexibility index (Phi) is 3.04. The molecular weight excluding hydrogens is 224 g/mol. The van der Waals surface area contributed by atoms with E-state index in [1.165, 1.54) is 11.1 Å². The lowest BCUT2D eigenvalue weighted by atomic mass is 9.87. The van der Waals surface area contributed by atoms with Gasteiger partial charge in [0.1, 0.15) is 11.4 Å². The SMILES string of the molecule is CNCc1ccc2c(c1)CC1(CCN(C)CC1)O2. The molecule has 0 saturated carbocycles. The maximum absolute atomic E-state index is 6.27. The van der Waals surface area contributed by atoms with Gasteiger partial charge in [0.2, 0.25) is 0 Å². The maximum atomic E-state index is 6.27. The molecule has 1 aromatic rings. The molecule has 2 heterocycles. The van der Waals surface area contributed by atoms with Crippen LogP contribution in [0, 0.1) is 0 Å². The van der Waals surface area contributed by atoms with E-state index in [1.807, 2.05) is 7.05 Å². The van der Waals surface area contributed by atoms with Crippen LogP contribution in [0.3, 0.4) is 0 Å². The van der Waals surface area contributed by atoms with E-state index in [0.717, 1.165) is 44.6 Å². The number of hydrogen-bond acceptors (Lipinski definition) is 3. The van der Waals surface area contributed by atoms with Crippen LogP contribution in [-0.4, -0.2) is 37.7 Å². The zero-order valence-electron chi connectivity index (χ0n) is 11.3. The summed E-state index contributed by atoms with van der Waals surface area (Å²) in [4.78, 5) is 2.39. The molecule has 1 N–H and O–H groups in total. The minimum absolute atomic E-state index is 0.0904. The van der Waals surface area contributed by atoms with Crippen molar-refractivity contribution in [2.24, 2.45) is 0 Å². The van der Waals surface area contributed by atoms with Gasteiger partial charge in [-0.2, -0.15) is 0 Å². The molecule has 3 nitrogen and oxygen atoms in total. The third-order valence-corrected chi connectivity index (χ3v) is 4.24. The summed E-state index contributed by atoms with van der Waals surface area (Å²) in [5, 5.41) is 3.20. The van der Waals surface area contributed by atoms with Gasteiger partial charge in [0, 0.05) is 38.9 Å². The van der Waals surface area contributed by atoms with Crippen LogP contribution >= 0.6 is 0 Å². The Balaban J connectivity index is 1.78. The summed E-state index contributed by atoms with van der Waals surface area (Å²) >= 11 is 0. The molecule has 0 aliphatic carbocycles. The molecule has 2 aliphatic heterocycles. The Morgan fingerprint density at radius 2 is 2.11 bits per heavy atom. The summed E-state index contributed by atoms with van der Waals surface area (Å²) in [7, 11) is 4.18. The van der Waals surface area contributed by atoms with Crippen molar-refractivity contribution >= 4 is 0 Å². The third-order valence-electron chi connectivity index (χ3n) is 4.24. The van der Waals surface area contributed by atoms with E-state index in [9.17, 15) is 0 Å². The van der Waals surface area contributed by atoms with Crippen LogP contribution in [0.25, 0.3) is 0 Å². The molecule has 0 radical (unpaired) electrons. The highest BCUT2D eigenvalue weighted by Gasteiger charge is 2.41. The fourth-order valence-corrected chi connectivity index (χ4v) is 3.11. The molecule has 0 atom stereocenters. The van der Waals surface area contributed by atoms with E-state index in [4.69, 9.17) is 4.74 Å². The Hall–Kier alpha value is -1.06. The first kappa shape index (κ1) is 12.0. The van der Waals surface area contributed by atoms with Crippen LogP contribution in [0.15, 0.2) is 18.2 Å². The van der Waals surface area contributed by atoms with Crippen LogP contribution < -0.4 is 10.1 Å². The lowest BCUT2D eigenvalue weighted by molar-refractivity contribution is 0.0271. The molecule has 0 unspecified atom stereocenters. The van der Waals surface area contributed by atoms with Crippen LogP contribution in [-0.2, 0) is 13.0 Å². The molecular formula is C15H22N2O. The van der Waals surface area contributed by atoms with Gasteiger partial charge in [0.25, 0.3) is 0 Å². The first-order chi connectivity index (χ1) is 8.71. The predicted octanol–water partition coefficient (Wildman–Crippen LogP) is 1.81. The average molecular weight is 246 g/mol. The van der Waals surface area contributed by atoms with Gasteiger partial charge in [-0.15, -0.1) is 0 Å². The Morgan fingerprint density at radius 3 is 2.83 bits per heavy atom. The smallest absolute Gasteiger partial charge is 0.123 e. The zero-order chi connectivity index (χ0) is 12.6. The summed E-state index contributed by atoms with van der Waals surface area (Å²) in [6.07, 6.45) is 3.40. The molecule has 98 valence electrons. The lowest BCUT2D eigenvalue weighted by Gasteiger charge is -2.37. The number of piperidine rings is 1. The number of likely N-dealkylation sites (tertiary alicyclic amines) is 1. The van der Waals surface area contributed by atoms with Crippen molar-refractivity contribution in [3.05, 3.63) is 29.3 Å². The van der Waals surface area contributed by atoms with Crippen LogP contribution in [0.4, 0.5) is 0 Å². The molecule has 1 aromatic carbocycles. The highest BCUT2D eigenvalue weighted by Crippen LogP contribution is 2.41. The largest absolute Gasteiger partial charge is 0.487 e. The topological polar surface area (TPSA) is 24.5 Å². The summed E-state index contributed by atoms with van der Waals surface area (Å²) in [5.41, 5.74) is 2.84. The highest BCUT2D eigenvalue weighted by molar-refractivity contribution is 5.42. The van der Waals surface area contributed by atoms with E-state index in [1.54, 1.807) is 0 Å². The van der Waals surface area contributed by atoms with Gasteiger partial charge < -0.3 is 15.0 Å². The first-order valence-electron chi connectivity index (χ1n) is 6.85. The predicted molar refractivity (Wildman–Crippen MR) is 73.0 cm³/mol. The number of nitrogens with one attached hydrogen (secondary N) is 1. The normalized spacial score (nSPS) is 21.9. The minimum Gasteiger partial charge on any atom is -0.487 e. The van der Waals surface area contributed by atoms with E-state index in [2.05, 4.69) is 35.5 Å². The standard InChI is InChI=1S/C15H22N2O/c1-16-11-12-3-4-14-13(9-12)10-15(18-14)5-7-17(2)8-6-15/h3-4,9,16H,5-8,10-11H2,1-2H3. The Morgan fingerprint density at radius 1 is 1.33 bits per heavy atom. The van der Waals surface area contributed by atoms with Gasteiger partial charge in [0.05, 0.1) is 0 Å². The van der Waals surface area contributed by atoms with Gasteiger partial charge in [-0.05, 0) is 31.3 Å². The zero-order valence-corrected chi connectivity index (χ0v) is 11.3. The summed E-state index contributed by atoms with van der Waals surface area (Å²) < 4.78 is 6.27. The Bertz CT molecular complexity index is 436. The second-order valence-electron chi connectivity index (χ2n) is 5.74. The second-order valence-corrected chi connectivity index (χ2v) is 5.74. The average Bonchev–Trinajstić information content (AvgIpc) is 2.71. The third kappa shape index (κ3) is 2.13. The molecule has 0 bridgehead atoms. The summed E-state index contributed by atoms with van der Waals surface area (Å²) in [6.45, 7) is 3.23. The van der Waals surface area contributed by atoms with Crippen molar-refractivity contribution < 1.29 is 4.74 Å². The number of ether oxygens (including phenoxy) is 1. The number of fused-ring (bicyclic) bond motifs is 1. The molecule has 3 heteroatoms. The van der Waals surface area contributed by atoms with Gasteiger partial charge in [0.15, 0.2) is 0 Å². The van der Waals surface area contributed by atoms with E-state index in [-0.39, 0.29) is 5.60 Å². The lowest BCUT2D eigenvalue weighted by Crippen LogP contribution is -2.45. The fourth-order valence-electron chi connectivity index (χ4n) is 3.11. The summed E-state index contributed by atoms with van der Waals surface area (Å²) in [5.74, 6) is 1.11. The molecule has 1 spiro atoms. The van der Waals surface area contributed by atoms with Crippen LogP contribution in [0.2, 0.25) is 0 Å². The van der Waals surface area contributed by atoms with Gasteiger partial charge in [-0.1, -0.05) is 12.1 Å². The maximum Gasteiger partial charge on any atom is 0.123 e. The van der Waals surface area contributed by atoms with Crippen LogP contribution in [0.1, 0.15) is 24.0 Å². The summed E-state index contributed by atoms with van der Waals surface area (Å²) in [6, 6.07) is 6.62. The van der Waals surface area contributed by atoms with Crippen LogP contribution in [0.5, 0.6) is 5.75 Å². The molecule has 0 amide bonds. The monoisotopic (exact) mass is 246 g/mol.